The highest BCUT2D eigenvalue weighted by Crippen LogP contribution is 2.34. The molecule has 0 bridgehead atoms. The molecule has 2 saturated heterocycles. The van der Waals surface area contributed by atoms with E-state index in [1.54, 1.807) is 6.33 Å². The zero-order valence-electron chi connectivity index (χ0n) is 20.0. The summed E-state index contributed by atoms with van der Waals surface area (Å²) in [6.07, 6.45) is -1.70. The molecule has 0 saturated carbocycles. The second-order valence-electron chi connectivity index (χ2n) is 8.83. The Morgan fingerprint density at radius 3 is 2.56 bits per heavy atom. The number of amides is 1. The van der Waals surface area contributed by atoms with Crippen molar-refractivity contribution in [3.8, 4) is 0 Å². The van der Waals surface area contributed by atoms with Crippen LogP contribution in [0.2, 0.25) is 0 Å². The Labute approximate surface area is 206 Å². The van der Waals surface area contributed by atoms with Crippen LogP contribution < -0.4 is 10.2 Å². The molecule has 3 heterocycles. The summed E-state index contributed by atoms with van der Waals surface area (Å²) in [7, 11) is 0. The Morgan fingerprint density at radius 1 is 1.22 bits per heavy atom. The quantitative estimate of drug-likeness (QED) is 0.646. The molecule has 2 aromatic rings. The van der Waals surface area contributed by atoms with Crippen LogP contribution in [-0.2, 0) is 14.3 Å². The molecule has 2 aliphatic rings. The van der Waals surface area contributed by atoms with Gasteiger partial charge in [-0.25, -0.2) is 14.8 Å². The lowest BCUT2D eigenvalue weighted by molar-refractivity contribution is -0.192. The lowest BCUT2D eigenvalue weighted by Crippen LogP contribution is -2.45. The van der Waals surface area contributed by atoms with Crippen LogP contribution in [0.3, 0.4) is 0 Å². The number of rotatable bonds is 4. The van der Waals surface area contributed by atoms with Gasteiger partial charge in [-0.05, 0) is 38.8 Å². The number of aryl methyl sites for hydroxylation is 2. The van der Waals surface area contributed by atoms with Crippen molar-refractivity contribution < 1.29 is 37.3 Å². The second-order valence-corrected chi connectivity index (χ2v) is 8.83. The predicted octanol–water partition coefficient (Wildman–Crippen LogP) is 2.91. The number of anilines is 1. The van der Waals surface area contributed by atoms with Gasteiger partial charge in [0.15, 0.2) is 0 Å². The lowest BCUT2D eigenvalue weighted by Gasteiger charge is -2.32. The minimum Gasteiger partial charge on any atom is -0.475 e. The van der Waals surface area contributed by atoms with Gasteiger partial charge < -0.3 is 24.8 Å². The number of hydrogen-bond acceptors (Lipinski definition) is 7. The summed E-state index contributed by atoms with van der Waals surface area (Å²) >= 11 is 0. The van der Waals surface area contributed by atoms with E-state index in [-0.39, 0.29) is 17.6 Å². The summed E-state index contributed by atoms with van der Waals surface area (Å²) in [5, 5.41) is 10.1. The molecule has 36 heavy (non-hydrogen) atoms. The highest BCUT2D eigenvalue weighted by Gasteiger charge is 2.43. The van der Waals surface area contributed by atoms with Crippen molar-refractivity contribution in [2.75, 3.05) is 37.7 Å². The van der Waals surface area contributed by atoms with Crippen LogP contribution >= 0.6 is 0 Å². The molecule has 9 nitrogen and oxygen atoms in total. The molecule has 0 radical (unpaired) electrons. The number of carbonyl (C=O) groups is 2. The molecule has 196 valence electrons. The molecule has 1 spiro atoms. The number of halogens is 3. The molecule has 1 aromatic carbocycles. The molecule has 2 fully saturated rings. The van der Waals surface area contributed by atoms with Crippen LogP contribution in [0.4, 0.5) is 19.0 Å². The van der Waals surface area contributed by atoms with Crippen molar-refractivity contribution in [1.29, 1.82) is 0 Å². The standard InChI is InChI=1S/C22H28N4O3.C2HF3O2/c1-16-3-5-18(6-4-16)21(27)23-12-19-7-8-22(29-19)13-26(9-10-28-14-22)20-11-17(2)24-15-25-20;3-2(4,5)1(6)7/h3-6,11,15,19H,7-10,12-14H2,1-2H3,(H,23,27);(H,6,7)/t19-,22+;/m1./s1. The van der Waals surface area contributed by atoms with Gasteiger partial charge in [0.05, 0.1) is 25.9 Å². The van der Waals surface area contributed by atoms with Gasteiger partial charge in [0.2, 0.25) is 0 Å². The van der Waals surface area contributed by atoms with E-state index in [9.17, 15) is 18.0 Å². The van der Waals surface area contributed by atoms with E-state index in [1.807, 2.05) is 44.2 Å². The maximum absolute atomic E-state index is 12.4. The largest absolute Gasteiger partial charge is 0.490 e. The fourth-order valence-electron chi connectivity index (χ4n) is 3.99. The first kappa shape index (κ1) is 27.3. The van der Waals surface area contributed by atoms with Crippen molar-refractivity contribution in [1.82, 2.24) is 15.3 Å². The summed E-state index contributed by atoms with van der Waals surface area (Å²) in [6.45, 7) is 7.19. The van der Waals surface area contributed by atoms with Crippen molar-refractivity contribution >= 4 is 17.7 Å². The first-order chi connectivity index (χ1) is 17.0. The van der Waals surface area contributed by atoms with Gasteiger partial charge in [0.1, 0.15) is 17.7 Å². The van der Waals surface area contributed by atoms with E-state index < -0.39 is 12.1 Å². The number of aromatic nitrogens is 2. The first-order valence-electron chi connectivity index (χ1n) is 11.4. The van der Waals surface area contributed by atoms with Crippen LogP contribution in [0.15, 0.2) is 36.7 Å². The number of carboxylic acid groups (broad SMARTS) is 1. The Kier molecular flexibility index (Phi) is 8.85. The molecule has 4 rings (SSSR count). The van der Waals surface area contributed by atoms with E-state index in [0.717, 1.165) is 43.0 Å². The molecular weight excluding hydrogens is 481 g/mol. The molecule has 0 unspecified atom stereocenters. The van der Waals surface area contributed by atoms with E-state index in [2.05, 4.69) is 20.2 Å². The summed E-state index contributed by atoms with van der Waals surface area (Å²) < 4.78 is 44.0. The first-order valence-corrected chi connectivity index (χ1v) is 11.4. The molecule has 2 N–H and O–H groups in total. The van der Waals surface area contributed by atoms with Gasteiger partial charge >= 0.3 is 12.1 Å². The topological polar surface area (TPSA) is 114 Å². The van der Waals surface area contributed by atoms with E-state index in [1.165, 1.54) is 0 Å². The fourth-order valence-corrected chi connectivity index (χ4v) is 3.99. The maximum atomic E-state index is 12.4. The smallest absolute Gasteiger partial charge is 0.475 e. The number of carboxylic acids is 1. The SMILES string of the molecule is Cc1ccc(C(=O)NC[C@H]2CC[C@]3(COCCN(c4cc(C)ncn4)C3)O2)cc1.O=C(O)C(F)(F)F. The Hall–Kier alpha value is -3.25. The lowest BCUT2D eigenvalue weighted by atomic mass is 10.00. The number of carbonyl (C=O) groups excluding carboxylic acids is 1. The zero-order chi connectivity index (χ0) is 26.3. The van der Waals surface area contributed by atoms with Gasteiger partial charge in [-0.15, -0.1) is 0 Å². The van der Waals surface area contributed by atoms with Crippen molar-refractivity contribution in [3.05, 3.63) is 53.5 Å². The van der Waals surface area contributed by atoms with Gasteiger partial charge in [0, 0.05) is 30.4 Å². The minimum atomic E-state index is -5.08. The van der Waals surface area contributed by atoms with Crippen LogP contribution in [0.25, 0.3) is 0 Å². The zero-order valence-corrected chi connectivity index (χ0v) is 20.0. The Bertz CT molecular complexity index is 1050. The number of nitrogens with one attached hydrogen (secondary N) is 1. The normalized spacial score (nSPS) is 21.9. The fraction of sp³-hybridized carbons (Fsp3) is 0.500. The van der Waals surface area contributed by atoms with Crippen LogP contribution in [0.5, 0.6) is 0 Å². The number of hydrogen-bond donors (Lipinski definition) is 2. The third kappa shape index (κ3) is 7.62. The van der Waals surface area contributed by atoms with Crippen LogP contribution in [-0.4, -0.2) is 77.7 Å². The van der Waals surface area contributed by atoms with E-state index in [4.69, 9.17) is 19.4 Å². The van der Waals surface area contributed by atoms with Crippen LogP contribution in [0.1, 0.15) is 34.5 Å². The van der Waals surface area contributed by atoms with Crippen molar-refractivity contribution in [2.45, 2.75) is 44.6 Å². The van der Waals surface area contributed by atoms with Crippen molar-refractivity contribution in [3.63, 3.8) is 0 Å². The molecule has 2 atom stereocenters. The average Bonchev–Trinajstić information content (AvgIpc) is 3.10. The summed E-state index contributed by atoms with van der Waals surface area (Å²) in [5.41, 5.74) is 2.39. The van der Waals surface area contributed by atoms with Gasteiger partial charge in [-0.2, -0.15) is 13.2 Å². The van der Waals surface area contributed by atoms with Crippen LogP contribution in [0, 0.1) is 13.8 Å². The Morgan fingerprint density at radius 2 is 1.92 bits per heavy atom. The maximum Gasteiger partial charge on any atom is 0.490 e. The number of benzene rings is 1. The second kappa shape index (κ2) is 11.7. The van der Waals surface area contributed by atoms with Gasteiger partial charge in [-0.3, -0.25) is 4.79 Å². The highest BCUT2D eigenvalue weighted by atomic mass is 19.4. The minimum absolute atomic E-state index is 0.0138. The summed E-state index contributed by atoms with van der Waals surface area (Å²) in [4.78, 5) is 32.1. The summed E-state index contributed by atoms with van der Waals surface area (Å²) in [5.74, 6) is -1.92. The molecule has 1 amide bonds. The van der Waals surface area contributed by atoms with Gasteiger partial charge in [0.25, 0.3) is 5.91 Å². The molecular formula is C24H29F3N4O5. The van der Waals surface area contributed by atoms with E-state index in [0.29, 0.717) is 25.3 Å². The van der Waals surface area contributed by atoms with E-state index >= 15 is 0 Å². The third-order valence-electron chi connectivity index (χ3n) is 5.85. The number of ether oxygens (including phenoxy) is 2. The summed E-state index contributed by atoms with van der Waals surface area (Å²) in [6, 6.07) is 9.59. The molecule has 12 heteroatoms. The highest BCUT2D eigenvalue weighted by molar-refractivity contribution is 5.94. The number of nitrogens with zero attached hydrogens (tertiary/aromatic N) is 3. The Balaban J connectivity index is 0.000000454. The molecule has 0 aliphatic carbocycles. The van der Waals surface area contributed by atoms with Crippen molar-refractivity contribution in [2.24, 2.45) is 0 Å². The number of aliphatic carboxylic acids is 1. The average molecular weight is 511 g/mol. The third-order valence-corrected chi connectivity index (χ3v) is 5.85. The van der Waals surface area contributed by atoms with Gasteiger partial charge in [-0.1, -0.05) is 17.7 Å². The molecule has 2 aliphatic heterocycles. The number of alkyl halides is 3. The predicted molar refractivity (Wildman–Crippen MR) is 124 cm³/mol. The molecule has 1 aromatic heterocycles. The monoisotopic (exact) mass is 510 g/mol.